The van der Waals surface area contributed by atoms with E-state index in [4.69, 9.17) is 10.5 Å². The van der Waals surface area contributed by atoms with Crippen LogP contribution in [-0.2, 0) is 0 Å². The molecule has 0 aliphatic carbocycles. The number of hydrogen-bond acceptors (Lipinski definition) is 3. The molecule has 0 bridgehead atoms. The van der Waals surface area contributed by atoms with Gasteiger partial charge in [0.15, 0.2) is 11.6 Å². The van der Waals surface area contributed by atoms with E-state index in [1.807, 2.05) is 6.92 Å². The number of benzene rings is 1. The quantitative estimate of drug-likeness (QED) is 0.938. The summed E-state index contributed by atoms with van der Waals surface area (Å²) < 4.78 is 19.7. The molecular weight excluding hydrogens is 299 g/mol. The molecule has 0 radical (unpaired) electrons. The normalized spacial score (nSPS) is 12.2. The number of rotatable bonds is 3. The molecule has 1 aromatic carbocycles. The first kappa shape index (κ1) is 13.0. The standard InChI is InChI=1S/C13H12BrFN2O/c1-8(16)9-4-5-17-13(6-9)18-12-7-10(14)2-3-11(12)15/h2-8H,16H2,1H3. The lowest BCUT2D eigenvalue weighted by Crippen LogP contribution is -2.05. The van der Waals surface area contributed by atoms with Crippen molar-refractivity contribution in [2.24, 2.45) is 5.73 Å². The summed E-state index contributed by atoms with van der Waals surface area (Å²) in [5, 5.41) is 0. The fourth-order valence-corrected chi connectivity index (χ4v) is 1.77. The van der Waals surface area contributed by atoms with Crippen LogP contribution in [0.15, 0.2) is 41.0 Å². The van der Waals surface area contributed by atoms with Crippen LogP contribution >= 0.6 is 15.9 Å². The van der Waals surface area contributed by atoms with Crippen LogP contribution < -0.4 is 10.5 Å². The monoisotopic (exact) mass is 310 g/mol. The third-order valence-electron chi connectivity index (χ3n) is 2.39. The van der Waals surface area contributed by atoms with E-state index in [9.17, 15) is 4.39 Å². The fraction of sp³-hybridized carbons (Fsp3) is 0.154. The molecular formula is C13H12BrFN2O. The van der Waals surface area contributed by atoms with E-state index in [1.54, 1.807) is 30.5 Å². The average molecular weight is 311 g/mol. The Kier molecular flexibility index (Phi) is 3.93. The molecule has 0 saturated carbocycles. The van der Waals surface area contributed by atoms with Crippen molar-refractivity contribution < 1.29 is 9.13 Å². The van der Waals surface area contributed by atoms with E-state index in [-0.39, 0.29) is 11.8 Å². The molecule has 1 aromatic heterocycles. The molecule has 94 valence electrons. The smallest absolute Gasteiger partial charge is 0.219 e. The molecule has 0 aliphatic heterocycles. The van der Waals surface area contributed by atoms with Gasteiger partial charge >= 0.3 is 0 Å². The minimum absolute atomic E-state index is 0.122. The highest BCUT2D eigenvalue weighted by atomic mass is 79.9. The largest absolute Gasteiger partial charge is 0.436 e. The number of hydrogen-bond donors (Lipinski definition) is 1. The Morgan fingerprint density at radius 1 is 1.33 bits per heavy atom. The lowest BCUT2D eigenvalue weighted by atomic mass is 10.1. The third-order valence-corrected chi connectivity index (χ3v) is 2.89. The second-order valence-electron chi connectivity index (χ2n) is 3.89. The Morgan fingerprint density at radius 2 is 2.11 bits per heavy atom. The van der Waals surface area contributed by atoms with Gasteiger partial charge < -0.3 is 10.5 Å². The van der Waals surface area contributed by atoms with Crippen molar-refractivity contribution in [2.45, 2.75) is 13.0 Å². The number of halogens is 2. The molecule has 5 heteroatoms. The van der Waals surface area contributed by atoms with Gasteiger partial charge in [0, 0.05) is 22.8 Å². The molecule has 18 heavy (non-hydrogen) atoms. The topological polar surface area (TPSA) is 48.1 Å². The van der Waals surface area contributed by atoms with Gasteiger partial charge in [-0.1, -0.05) is 15.9 Å². The lowest BCUT2D eigenvalue weighted by molar-refractivity contribution is 0.426. The van der Waals surface area contributed by atoms with E-state index < -0.39 is 5.82 Å². The van der Waals surface area contributed by atoms with Crippen molar-refractivity contribution in [1.29, 1.82) is 0 Å². The Hall–Kier alpha value is -1.46. The van der Waals surface area contributed by atoms with Gasteiger partial charge in [0.1, 0.15) is 0 Å². The summed E-state index contributed by atoms with van der Waals surface area (Å²) in [5.41, 5.74) is 6.65. The van der Waals surface area contributed by atoms with Gasteiger partial charge in [-0.25, -0.2) is 9.37 Å². The van der Waals surface area contributed by atoms with Gasteiger partial charge in [0.25, 0.3) is 0 Å². The van der Waals surface area contributed by atoms with Crippen molar-refractivity contribution in [1.82, 2.24) is 4.98 Å². The minimum atomic E-state index is -0.439. The third kappa shape index (κ3) is 3.05. The van der Waals surface area contributed by atoms with Crippen LogP contribution in [0, 0.1) is 5.82 Å². The Balaban J connectivity index is 2.28. The summed E-state index contributed by atoms with van der Waals surface area (Å²) in [6, 6.07) is 7.86. The Labute approximate surface area is 113 Å². The molecule has 1 unspecified atom stereocenters. The first-order valence-corrected chi connectivity index (χ1v) is 6.20. The van der Waals surface area contributed by atoms with E-state index in [2.05, 4.69) is 20.9 Å². The lowest BCUT2D eigenvalue weighted by Gasteiger charge is -2.09. The zero-order chi connectivity index (χ0) is 13.1. The van der Waals surface area contributed by atoms with E-state index in [0.717, 1.165) is 10.0 Å². The molecule has 0 aliphatic rings. The molecule has 2 aromatic rings. The number of aromatic nitrogens is 1. The molecule has 0 saturated heterocycles. The predicted molar refractivity (Wildman–Crippen MR) is 71.0 cm³/mol. The molecule has 1 heterocycles. The summed E-state index contributed by atoms with van der Waals surface area (Å²) in [5.74, 6) is 0.00620. The number of ether oxygens (including phenoxy) is 1. The van der Waals surface area contributed by atoms with Crippen LogP contribution in [0.3, 0.4) is 0 Å². The first-order valence-electron chi connectivity index (χ1n) is 5.40. The van der Waals surface area contributed by atoms with Crippen molar-refractivity contribution in [3.63, 3.8) is 0 Å². The van der Waals surface area contributed by atoms with Crippen LogP contribution in [0.4, 0.5) is 4.39 Å². The molecule has 0 amide bonds. The molecule has 3 nitrogen and oxygen atoms in total. The number of nitrogens with two attached hydrogens (primary N) is 1. The van der Waals surface area contributed by atoms with Crippen molar-refractivity contribution in [2.75, 3.05) is 0 Å². The minimum Gasteiger partial charge on any atom is -0.436 e. The second kappa shape index (κ2) is 5.46. The SMILES string of the molecule is CC(N)c1ccnc(Oc2cc(Br)ccc2F)c1. The fourth-order valence-electron chi connectivity index (χ4n) is 1.43. The van der Waals surface area contributed by atoms with Crippen LogP contribution in [0.1, 0.15) is 18.5 Å². The molecule has 1 atom stereocenters. The summed E-state index contributed by atoms with van der Waals surface area (Å²) in [6.07, 6.45) is 1.59. The molecule has 2 N–H and O–H groups in total. The van der Waals surface area contributed by atoms with E-state index in [0.29, 0.717) is 5.88 Å². The van der Waals surface area contributed by atoms with E-state index in [1.165, 1.54) is 6.07 Å². The highest BCUT2D eigenvalue weighted by molar-refractivity contribution is 9.10. The van der Waals surface area contributed by atoms with Gasteiger partial charge in [-0.2, -0.15) is 0 Å². The van der Waals surface area contributed by atoms with Crippen molar-refractivity contribution in [3.8, 4) is 11.6 Å². The second-order valence-corrected chi connectivity index (χ2v) is 4.81. The van der Waals surface area contributed by atoms with Gasteiger partial charge in [0.2, 0.25) is 5.88 Å². The summed E-state index contributed by atoms with van der Waals surface area (Å²) >= 11 is 3.26. The summed E-state index contributed by atoms with van der Waals surface area (Å²) in [4.78, 5) is 4.03. The Morgan fingerprint density at radius 3 is 2.83 bits per heavy atom. The van der Waals surface area contributed by atoms with Gasteiger partial charge in [-0.05, 0) is 36.8 Å². The molecule has 0 spiro atoms. The number of nitrogens with zero attached hydrogens (tertiary/aromatic N) is 1. The van der Waals surface area contributed by atoms with Crippen LogP contribution in [0.25, 0.3) is 0 Å². The zero-order valence-electron chi connectivity index (χ0n) is 9.73. The maximum atomic E-state index is 13.5. The van der Waals surface area contributed by atoms with Crippen LogP contribution in [0.2, 0.25) is 0 Å². The Bertz CT molecular complexity index is 560. The maximum Gasteiger partial charge on any atom is 0.219 e. The van der Waals surface area contributed by atoms with Crippen LogP contribution in [-0.4, -0.2) is 4.98 Å². The van der Waals surface area contributed by atoms with Crippen molar-refractivity contribution in [3.05, 3.63) is 52.4 Å². The number of pyridine rings is 1. The van der Waals surface area contributed by atoms with E-state index >= 15 is 0 Å². The van der Waals surface area contributed by atoms with Crippen molar-refractivity contribution >= 4 is 15.9 Å². The summed E-state index contributed by atoms with van der Waals surface area (Å²) in [6.45, 7) is 1.86. The van der Waals surface area contributed by atoms with Gasteiger partial charge in [-0.3, -0.25) is 0 Å². The highest BCUT2D eigenvalue weighted by Gasteiger charge is 2.08. The first-order chi connectivity index (χ1) is 8.56. The van der Waals surface area contributed by atoms with Gasteiger partial charge in [-0.15, -0.1) is 0 Å². The zero-order valence-corrected chi connectivity index (χ0v) is 11.3. The average Bonchev–Trinajstić information content (AvgIpc) is 2.34. The predicted octanol–water partition coefficient (Wildman–Crippen LogP) is 3.80. The summed E-state index contributed by atoms with van der Waals surface area (Å²) in [7, 11) is 0. The molecule has 2 rings (SSSR count). The molecule has 0 fully saturated rings. The highest BCUT2D eigenvalue weighted by Crippen LogP contribution is 2.27. The maximum absolute atomic E-state index is 13.5. The van der Waals surface area contributed by atoms with Gasteiger partial charge in [0.05, 0.1) is 0 Å². The van der Waals surface area contributed by atoms with Crippen LogP contribution in [0.5, 0.6) is 11.6 Å².